The van der Waals surface area contributed by atoms with Gasteiger partial charge in [-0.25, -0.2) is 0 Å². The first-order valence-corrected chi connectivity index (χ1v) is 5.86. The Morgan fingerprint density at radius 1 is 1.40 bits per heavy atom. The zero-order valence-corrected chi connectivity index (χ0v) is 10.1. The second kappa shape index (κ2) is 4.60. The van der Waals surface area contributed by atoms with Gasteiger partial charge in [0.2, 0.25) is 0 Å². The molecule has 0 saturated carbocycles. The molecule has 15 heavy (non-hydrogen) atoms. The van der Waals surface area contributed by atoms with E-state index < -0.39 is 0 Å². The third-order valence-electron chi connectivity index (χ3n) is 2.72. The van der Waals surface area contributed by atoms with E-state index in [2.05, 4.69) is 17.1 Å². The topological polar surface area (TPSA) is 15.3 Å². The van der Waals surface area contributed by atoms with Gasteiger partial charge in [0.25, 0.3) is 0 Å². The molecule has 0 aliphatic carbocycles. The number of nitrogens with zero attached hydrogens (tertiary/aromatic N) is 1. The maximum absolute atomic E-state index is 6.18. The molecule has 0 radical (unpaired) electrons. The molecular formula is C11H14Cl2N2. The van der Waals surface area contributed by atoms with Crippen LogP contribution in [0.5, 0.6) is 0 Å². The Bertz CT molecular complexity index is 354. The molecule has 1 heterocycles. The number of benzene rings is 1. The lowest BCUT2D eigenvalue weighted by molar-refractivity contribution is 0.501. The summed E-state index contributed by atoms with van der Waals surface area (Å²) in [5.74, 6) is 0. The highest BCUT2D eigenvalue weighted by Gasteiger charge is 2.19. The van der Waals surface area contributed by atoms with Gasteiger partial charge in [-0.3, -0.25) is 0 Å². The van der Waals surface area contributed by atoms with Crippen molar-refractivity contribution in [1.82, 2.24) is 5.32 Å². The summed E-state index contributed by atoms with van der Waals surface area (Å²) in [6, 6.07) is 6.15. The molecule has 1 N–H and O–H groups in total. The molecule has 82 valence electrons. The van der Waals surface area contributed by atoms with Crippen molar-refractivity contribution >= 4 is 28.9 Å². The van der Waals surface area contributed by atoms with E-state index in [4.69, 9.17) is 23.2 Å². The van der Waals surface area contributed by atoms with Crippen molar-refractivity contribution in [3.63, 3.8) is 0 Å². The summed E-state index contributed by atoms with van der Waals surface area (Å²) < 4.78 is 0. The van der Waals surface area contributed by atoms with Gasteiger partial charge in [-0.15, -0.1) is 0 Å². The summed E-state index contributed by atoms with van der Waals surface area (Å²) in [6.07, 6.45) is 0. The highest BCUT2D eigenvalue weighted by atomic mass is 35.5. The molecule has 1 atom stereocenters. The van der Waals surface area contributed by atoms with Gasteiger partial charge >= 0.3 is 0 Å². The molecule has 1 fully saturated rings. The van der Waals surface area contributed by atoms with Gasteiger partial charge in [0.05, 0.1) is 10.7 Å². The van der Waals surface area contributed by atoms with Gasteiger partial charge in [0, 0.05) is 30.7 Å². The second-order valence-corrected chi connectivity index (χ2v) is 4.69. The van der Waals surface area contributed by atoms with Gasteiger partial charge in [0.1, 0.15) is 0 Å². The molecule has 0 amide bonds. The van der Waals surface area contributed by atoms with E-state index in [1.165, 1.54) is 0 Å². The number of anilines is 1. The van der Waals surface area contributed by atoms with Gasteiger partial charge in [-0.05, 0) is 25.1 Å². The fourth-order valence-corrected chi connectivity index (χ4v) is 2.43. The average Bonchev–Trinajstić information content (AvgIpc) is 2.20. The number of hydrogen-bond acceptors (Lipinski definition) is 2. The third kappa shape index (κ3) is 2.39. The Kier molecular flexibility index (Phi) is 3.39. The minimum atomic E-state index is 0.470. The number of hydrogen-bond donors (Lipinski definition) is 1. The summed E-state index contributed by atoms with van der Waals surface area (Å²) >= 11 is 12.1. The van der Waals surface area contributed by atoms with Crippen LogP contribution < -0.4 is 10.2 Å². The molecule has 1 aliphatic heterocycles. The molecule has 0 spiro atoms. The Labute approximate surface area is 100 Å². The molecule has 1 aromatic carbocycles. The molecule has 0 bridgehead atoms. The maximum atomic E-state index is 6.18. The lowest BCUT2D eigenvalue weighted by Gasteiger charge is -2.36. The van der Waals surface area contributed by atoms with Gasteiger partial charge < -0.3 is 10.2 Å². The molecule has 1 aromatic rings. The SMILES string of the molecule is C[C@H]1CNCCN1c1ccc(Cl)cc1Cl. The van der Waals surface area contributed by atoms with Crippen molar-refractivity contribution < 1.29 is 0 Å². The lowest BCUT2D eigenvalue weighted by atomic mass is 10.2. The zero-order chi connectivity index (χ0) is 10.8. The number of nitrogens with one attached hydrogen (secondary N) is 1. The minimum absolute atomic E-state index is 0.470. The Morgan fingerprint density at radius 2 is 2.20 bits per heavy atom. The largest absolute Gasteiger partial charge is 0.365 e. The fourth-order valence-electron chi connectivity index (χ4n) is 1.91. The molecule has 4 heteroatoms. The maximum Gasteiger partial charge on any atom is 0.0654 e. The zero-order valence-electron chi connectivity index (χ0n) is 8.63. The summed E-state index contributed by atoms with van der Waals surface area (Å²) in [5.41, 5.74) is 1.08. The molecule has 1 aliphatic rings. The highest BCUT2D eigenvalue weighted by Crippen LogP contribution is 2.30. The third-order valence-corrected chi connectivity index (χ3v) is 3.26. The van der Waals surface area contributed by atoms with Crippen LogP contribution in [0.15, 0.2) is 18.2 Å². The van der Waals surface area contributed by atoms with Crippen LogP contribution in [-0.4, -0.2) is 25.7 Å². The summed E-state index contributed by atoms with van der Waals surface area (Å²) in [6.45, 7) is 5.18. The number of piperazine rings is 1. The summed E-state index contributed by atoms with van der Waals surface area (Å²) in [4.78, 5) is 2.31. The van der Waals surface area contributed by atoms with Gasteiger partial charge in [-0.2, -0.15) is 0 Å². The quantitative estimate of drug-likeness (QED) is 0.818. The fraction of sp³-hybridized carbons (Fsp3) is 0.455. The second-order valence-electron chi connectivity index (χ2n) is 3.84. The van der Waals surface area contributed by atoms with Crippen LogP contribution in [0.4, 0.5) is 5.69 Å². The van der Waals surface area contributed by atoms with Crippen LogP contribution >= 0.6 is 23.2 Å². The Morgan fingerprint density at radius 3 is 2.87 bits per heavy atom. The number of rotatable bonds is 1. The van der Waals surface area contributed by atoms with E-state index in [-0.39, 0.29) is 0 Å². The standard InChI is InChI=1S/C11H14Cl2N2/c1-8-7-14-4-5-15(8)11-3-2-9(12)6-10(11)13/h2-3,6,8,14H,4-5,7H2,1H3/t8-/m0/s1. The van der Waals surface area contributed by atoms with Crippen LogP contribution in [0.2, 0.25) is 10.0 Å². The lowest BCUT2D eigenvalue weighted by Crippen LogP contribution is -2.50. The Hall–Kier alpha value is -0.440. The smallest absolute Gasteiger partial charge is 0.0654 e. The van der Waals surface area contributed by atoms with E-state index >= 15 is 0 Å². The van der Waals surface area contributed by atoms with Crippen LogP contribution in [0, 0.1) is 0 Å². The predicted octanol–water partition coefficient (Wildman–Crippen LogP) is 2.79. The van der Waals surface area contributed by atoms with Crippen LogP contribution in [0.3, 0.4) is 0 Å². The highest BCUT2D eigenvalue weighted by molar-refractivity contribution is 6.36. The predicted molar refractivity (Wildman–Crippen MR) is 66.1 cm³/mol. The van der Waals surface area contributed by atoms with Crippen LogP contribution in [-0.2, 0) is 0 Å². The van der Waals surface area contributed by atoms with Crippen molar-refractivity contribution in [2.24, 2.45) is 0 Å². The average molecular weight is 245 g/mol. The summed E-state index contributed by atoms with van der Waals surface area (Å²) in [5, 5.41) is 4.77. The van der Waals surface area contributed by atoms with E-state index in [0.717, 1.165) is 30.3 Å². The first-order valence-electron chi connectivity index (χ1n) is 5.11. The van der Waals surface area contributed by atoms with Crippen molar-refractivity contribution in [3.05, 3.63) is 28.2 Å². The monoisotopic (exact) mass is 244 g/mol. The Balaban J connectivity index is 2.27. The molecular weight excluding hydrogens is 231 g/mol. The van der Waals surface area contributed by atoms with E-state index in [9.17, 15) is 0 Å². The number of halogens is 2. The molecule has 0 unspecified atom stereocenters. The van der Waals surface area contributed by atoms with Crippen LogP contribution in [0.1, 0.15) is 6.92 Å². The van der Waals surface area contributed by atoms with Crippen LogP contribution in [0.25, 0.3) is 0 Å². The van der Waals surface area contributed by atoms with Crippen molar-refractivity contribution in [3.8, 4) is 0 Å². The molecule has 0 aromatic heterocycles. The normalized spacial score (nSPS) is 21.8. The van der Waals surface area contributed by atoms with Crippen molar-refractivity contribution in [2.75, 3.05) is 24.5 Å². The van der Waals surface area contributed by atoms with Gasteiger partial charge in [0.15, 0.2) is 0 Å². The van der Waals surface area contributed by atoms with Crippen molar-refractivity contribution in [1.29, 1.82) is 0 Å². The van der Waals surface area contributed by atoms with Gasteiger partial charge in [-0.1, -0.05) is 23.2 Å². The van der Waals surface area contributed by atoms with E-state index in [0.29, 0.717) is 11.1 Å². The minimum Gasteiger partial charge on any atom is -0.365 e. The first-order chi connectivity index (χ1) is 7.18. The first kappa shape index (κ1) is 11.1. The molecule has 2 nitrogen and oxygen atoms in total. The molecule has 2 rings (SSSR count). The van der Waals surface area contributed by atoms with Crippen molar-refractivity contribution in [2.45, 2.75) is 13.0 Å². The van der Waals surface area contributed by atoms with E-state index in [1.54, 1.807) is 6.07 Å². The van der Waals surface area contributed by atoms with E-state index in [1.807, 2.05) is 12.1 Å². The molecule has 1 saturated heterocycles. The summed E-state index contributed by atoms with van der Waals surface area (Å²) in [7, 11) is 0.